The zero-order chi connectivity index (χ0) is 8.20. The average molecular weight is 164 g/mol. The topological polar surface area (TPSA) is 46.5 Å². The maximum Gasteiger partial charge on any atom is 0.351 e. The van der Waals surface area contributed by atoms with E-state index in [0.29, 0.717) is 6.61 Å². The fourth-order valence-electron chi connectivity index (χ4n) is 0.309. The zero-order valence-electron chi connectivity index (χ0n) is 6.28. The lowest BCUT2D eigenvalue weighted by Crippen LogP contribution is -1.98. The first-order valence-electron chi connectivity index (χ1n) is 3.08. The van der Waals surface area contributed by atoms with Gasteiger partial charge in [0, 0.05) is 5.82 Å². The molecule has 0 bridgehead atoms. The van der Waals surface area contributed by atoms with Crippen LogP contribution in [0.2, 0.25) is 0 Å². The van der Waals surface area contributed by atoms with E-state index in [2.05, 4.69) is 11.1 Å². The number of hydrogen-bond acceptors (Lipinski definition) is 2. The minimum atomic E-state index is -3.46. The molecule has 0 fully saturated rings. The molecule has 10 heavy (non-hydrogen) atoms. The quantitative estimate of drug-likeness (QED) is 0.646. The van der Waals surface area contributed by atoms with Gasteiger partial charge < -0.3 is 9.42 Å². The minimum absolute atomic E-state index is 0.264. The first-order chi connectivity index (χ1) is 4.48. The van der Waals surface area contributed by atoms with Crippen LogP contribution in [0.3, 0.4) is 0 Å². The molecule has 0 spiro atoms. The minimum Gasteiger partial charge on any atom is -0.321 e. The van der Waals surface area contributed by atoms with Crippen LogP contribution < -0.4 is 0 Å². The summed E-state index contributed by atoms with van der Waals surface area (Å²) in [5, 5.41) is 0. The molecule has 0 saturated heterocycles. The number of hydrogen-bond donors (Lipinski definition) is 1. The molecular formula is C6H13O3P. The Labute approximate surface area is 61.2 Å². The molecule has 3 nitrogen and oxygen atoms in total. The van der Waals surface area contributed by atoms with Crippen molar-refractivity contribution in [3.63, 3.8) is 0 Å². The SMILES string of the molecule is C=CP(=O)(O)OCC(C)C. The molecule has 60 valence electrons. The molecule has 0 aromatic rings. The Morgan fingerprint density at radius 1 is 1.80 bits per heavy atom. The monoisotopic (exact) mass is 164 g/mol. The largest absolute Gasteiger partial charge is 0.351 e. The van der Waals surface area contributed by atoms with E-state index in [0.717, 1.165) is 5.82 Å². The van der Waals surface area contributed by atoms with Gasteiger partial charge in [-0.2, -0.15) is 0 Å². The molecular weight excluding hydrogens is 151 g/mol. The molecule has 4 heteroatoms. The standard InChI is InChI=1S/C6H13O3P/c1-4-10(7,8)9-5-6(2)3/h4,6H,1,5H2,2-3H3,(H,7,8). The second-order valence-electron chi connectivity index (χ2n) is 2.44. The van der Waals surface area contributed by atoms with Gasteiger partial charge in [0.25, 0.3) is 0 Å². The molecule has 0 amide bonds. The molecule has 0 heterocycles. The van der Waals surface area contributed by atoms with Crippen LogP contribution >= 0.6 is 7.60 Å². The van der Waals surface area contributed by atoms with Crippen LogP contribution in [0.1, 0.15) is 13.8 Å². The Morgan fingerprint density at radius 3 is 2.60 bits per heavy atom. The van der Waals surface area contributed by atoms with E-state index in [1.54, 1.807) is 0 Å². The van der Waals surface area contributed by atoms with Crippen LogP contribution in [0.4, 0.5) is 0 Å². The summed E-state index contributed by atoms with van der Waals surface area (Å²) in [5.41, 5.74) is 0. The van der Waals surface area contributed by atoms with Gasteiger partial charge in [0.05, 0.1) is 6.61 Å². The van der Waals surface area contributed by atoms with Gasteiger partial charge >= 0.3 is 7.60 Å². The number of rotatable bonds is 4. The summed E-state index contributed by atoms with van der Waals surface area (Å²) >= 11 is 0. The smallest absolute Gasteiger partial charge is 0.321 e. The lowest BCUT2D eigenvalue weighted by atomic mass is 10.2. The van der Waals surface area contributed by atoms with Crippen LogP contribution in [-0.2, 0) is 9.09 Å². The van der Waals surface area contributed by atoms with E-state index in [4.69, 9.17) is 4.89 Å². The summed E-state index contributed by atoms with van der Waals surface area (Å²) in [7, 11) is -3.46. The second-order valence-corrected chi connectivity index (χ2v) is 4.19. The third-order valence-electron chi connectivity index (χ3n) is 0.824. The third kappa shape index (κ3) is 4.74. The van der Waals surface area contributed by atoms with E-state index in [1.807, 2.05) is 13.8 Å². The fraction of sp³-hybridized carbons (Fsp3) is 0.667. The molecule has 0 aliphatic heterocycles. The van der Waals surface area contributed by atoms with Crippen molar-refractivity contribution in [2.24, 2.45) is 5.92 Å². The van der Waals surface area contributed by atoms with E-state index in [9.17, 15) is 4.57 Å². The van der Waals surface area contributed by atoms with Gasteiger partial charge in [-0.1, -0.05) is 20.4 Å². The molecule has 0 saturated carbocycles. The highest BCUT2D eigenvalue weighted by molar-refractivity contribution is 7.56. The maximum absolute atomic E-state index is 10.7. The zero-order valence-corrected chi connectivity index (χ0v) is 7.17. The fourth-order valence-corrected chi connectivity index (χ4v) is 0.926. The van der Waals surface area contributed by atoms with Gasteiger partial charge in [-0.3, -0.25) is 4.57 Å². The van der Waals surface area contributed by atoms with E-state index in [-0.39, 0.29) is 5.92 Å². The van der Waals surface area contributed by atoms with Gasteiger partial charge in [0.15, 0.2) is 0 Å². The van der Waals surface area contributed by atoms with Crippen molar-refractivity contribution in [2.45, 2.75) is 13.8 Å². The predicted octanol–water partition coefficient (Wildman–Crippen LogP) is 1.99. The summed E-state index contributed by atoms with van der Waals surface area (Å²) in [5.74, 6) is 1.20. The first kappa shape index (κ1) is 9.89. The summed E-state index contributed by atoms with van der Waals surface area (Å²) < 4.78 is 15.3. The van der Waals surface area contributed by atoms with E-state index < -0.39 is 7.60 Å². The highest BCUT2D eigenvalue weighted by Crippen LogP contribution is 2.42. The highest BCUT2D eigenvalue weighted by Gasteiger charge is 2.12. The van der Waals surface area contributed by atoms with Crippen molar-refractivity contribution in [2.75, 3.05) is 6.61 Å². The summed E-state index contributed by atoms with van der Waals surface area (Å²) in [4.78, 5) is 8.79. The van der Waals surface area contributed by atoms with E-state index >= 15 is 0 Å². The van der Waals surface area contributed by atoms with Crippen molar-refractivity contribution < 1.29 is 14.0 Å². The van der Waals surface area contributed by atoms with E-state index in [1.165, 1.54) is 0 Å². The molecule has 0 aliphatic rings. The normalized spacial score (nSPS) is 16.8. The van der Waals surface area contributed by atoms with Crippen molar-refractivity contribution in [3.8, 4) is 0 Å². The van der Waals surface area contributed by atoms with Crippen LogP contribution in [0, 0.1) is 5.92 Å². The van der Waals surface area contributed by atoms with Crippen LogP contribution in [0.5, 0.6) is 0 Å². The molecule has 0 aliphatic carbocycles. The Bertz CT molecular complexity index is 153. The van der Waals surface area contributed by atoms with Crippen LogP contribution in [0.25, 0.3) is 0 Å². The molecule has 0 aromatic heterocycles. The van der Waals surface area contributed by atoms with Crippen molar-refractivity contribution in [3.05, 3.63) is 12.4 Å². The summed E-state index contributed by atoms with van der Waals surface area (Å²) in [6.07, 6.45) is 0. The summed E-state index contributed by atoms with van der Waals surface area (Å²) in [6, 6.07) is 0. The van der Waals surface area contributed by atoms with Gasteiger partial charge in [-0.15, -0.1) is 0 Å². The Balaban J connectivity index is 3.68. The van der Waals surface area contributed by atoms with Gasteiger partial charge in [-0.25, -0.2) is 0 Å². The Kier molecular flexibility index (Phi) is 3.87. The highest BCUT2D eigenvalue weighted by atomic mass is 31.2. The molecule has 0 aromatic carbocycles. The predicted molar refractivity (Wildman–Crippen MR) is 40.8 cm³/mol. The Morgan fingerprint density at radius 2 is 2.30 bits per heavy atom. The molecule has 1 unspecified atom stereocenters. The van der Waals surface area contributed by atoms with Crippen LogP contribution in [0.15, 0.2) is 12.4 Å². The Hall–Kier alpha value is -0.110. The van der Waals surface area contributed by atoms with Gasteiger partial charge in [0.1, 0.15) is 0 Å². The molecule has 1 N–H and O–H groups in total. The molecule has 1 atom stereocenters. The van der Waals surface area contributed by atoms with Gasteiger partial charge in [-0.05, 0) is 5.92 Å². The maximum atomic E-state index is 10.7. The first-order valence-corrected chi connectivity index (χ1v) is 4.73. The summed E-state index contributed by atoms with van der Waals surface area (Å²) in [6.45, 7) is 7.28. The van der Waals surface area contributed by atoms with Crippen molar-refractivity contribution in [1.29, 1.82) is 0 Å². The second kappa shape index (κ2) is 3.91. The lowest BCUT2D eigenvalue weighted by molar-refractivity contribution is 0.236. The van der Waals surface area contributed by atoms with Gasteiger partial charge in [0.2, 0.25) is 0 Å². The average Bonchev–Trinajstić information content (AvgIpc) is 1.85. The molecule has 0 rings (SSSR count). The molecule has 0 radical (unpaired) electrons. The van der Waals surface area contributed by atoms with Crippen molar-refractivity contribution >= 4 is 7.60 Å². The third-order valence-corrected chi connectivity index (χ3v) is 1.80. The van der Waals surface area contributed by atoms with Crippen molar-refractivity contribution in [1.82, 2.24) is 0 Å². The van der Waals surface area contributed by atoms with Crippen LogP contribution in [-0.4, -0.2) is 11.5 Å². The lowest BCUT2D eigenvalue weighted by Gasteiger charge is -2.08.